The lowest BCUT2D eigenvalue weighted by atomic mass is 9.96. The van der Waals surface area contributed by atoms with Gasteiger partial charge >= 0.3 is 0 Å². The molecule has 0 bridgehead atoms. The summed E-state index contributed by atoms with van der Waals surface area (Å²) in [6, 6.07) is 5.91. The van der Waals surface area contributed by atoms with Gasteiger partial charge in [-0.05, 0) is 37.8 Å². The summed E-state index contributed by atoms with van der Waals surface area (Å²) in [4.78, 5) is 16.2. The summed E-state index contributed by atoms with van der Waals surface area (Å²) in [5.74, 6) is 2.36. The third kappa shape index (κ3) is 7.48. The Labute approximate surface area is 174 Å². The Morgan fingerprint density at radius 3 is 2.45 bits per heavy atom. The second-order valence-corrected chi connectivity index (χ2v) is 8.36. The van der Waals surface area contributed by atoms with Crippen LogP contribution in [0, 0.1) is 5.41 Å². The van der Waals surface area contributed by atoms with E-state index in [9.17, 15) is 4.79 Å². The van der Waals surface area contributed by atoms with Crippen LogP contribution in [0.2, 0.25) is 0 Å². The molecule has 0 spiro atoms. The van der Waals surface area contributed by atoms with Crippen LogP contribution in [0.5, 0.6) is 11.5 Å². The highest BCUT2D eigenvalue weighted by atomic mass is 16.5. The fourth-order valence-corrected chi connectivity index (χ4v) is 3.13. The van der Waals surface area contributed by atoms with Gasteiger partial charge in [0.1, 0.15) is 11.5 Å². The molecule has 7 nitrogen and oxygen atoms in total. The summed E-state index contributed by atoms with van der Waals surface area (Å²) in [5.41, 5.74) is 0.672. The molecule has 29 heavy (non-hydrogen) atoms. The van der Waals surface area contributed by atoms with Crippen molar-refractivity contribution in [1.82, 2.24) is 16.0 Å². The van der Waals surface area contributed by atoms with Gasteiger partial charge in [0.2, 0.25) is 5.91 Å². The molecular formula is C22H36N4O3. The number of ether oxygens (including phenoxy) is 2. The molecule has 0 aliphatic heterocycles. The van der Waals surface area contributed by atoms with Crippen LogP contribution in [0.1, 0.15) is 52.0 Å². The van der Waals surface area contributed by atoms with E-state index in [1.165, 1.54) is 12.8 Å². The third-order valence-electron chi connectivity index (χ3n) is 4.92. The number of carbonyl (C=O) groups is 1. The Hall–Kier alpha value is -2.44. The summed E-state index contributed by atoms with van der Waals surface area (Å²) in [6.07, 6.45) is 4.95. The van der Waals surface area contributed by atoms with Gasteiger partial charge in [0.25, 0.3) is 0 Å². The van der Waals surface area contributed by atoms with Crippen molar-refractivity contribution in [3.63, 3.8) is 0 Å². The number of rotatable bonds is 8. The predicted molar refractivity (Wildman–Crippen MR) is 117 cm³/mol. The minimum absolute atomic E-state index is 0.0363. The highest BCUT2D eigenvalue weighted by molar-refractivity contribution is 5.81. The van der Waals surface area contributed by atoms with Crippen molar-refractivity contribution in [3.05, 3.63) is 23.8 Å². The number of nitrogens with zero attached hydrogens (tertiary/aromatic N) is 1. The highest BCUT2D eigenvalue weighted by Gasteiger charge is 2.20. The van der Waals surface area contributed by atoms with E-state index < -0.39 is 0 Å². The Balaban J connectivity index is 1.87. The number of hydrogen-bond donors (Lipinski definition) is 3. The zero-order chi connectivity index (χ0) is 21.3. The van der Waals surface area contributed by atoms with Gasteiger partial charge in [0.15, 0.2) is 5.96 Å². The van der Waals surface area contributed by atoms with Crippen LogP contribution in [0.3, 0.4) is 0 Å². The second kappa shape index (κ2) is 10.9. The number of nitrogens with one attached hydrogen (secondary N) is 3. The van der Waals surface area contributed by atoms with Crippen molar-refractivity contribution in [3.8, 4) is 11.5 Å². The van der Waals surface area contributed by atoms with Crippen LogP contribution in [0.15, 0.2) is 23.2 Å². The van der Waals surface area contributed by atoms with Crippen molar-refractivity contribution in [2.45, 2.75) is 59.1 Å². The standard InChI is InChI=1S/C22H36N4O3/c1-22(2,3)20(27)24-12-13-25-21(23-4)26-15-16-10-11-18(28-5)14-19(16)29-17-8-6-7-9-17/h10-11,14,17H,6-9,12-13,15H2,1-5H3,(H,24,27)(H2,23,25,26). The van der Waals surface area contributed by atoms with Crippen LogP contribution in [0.25, 0.3) is 0 Å². The molecule has 1 aromatic rings. The van der Waals surface area contributed by atoms with Crippen molar-refractivity contribution in [2.24, 2.45) is 10.4 Å². The molecule has 0 heterocycles. The van der Waals surface area contributed by atoms with E-state index in [2.05, 4.69) is 20.9 Å². The van der Waals surface area contributed by atoms with E-state index in [-0.39, 0.29) is 17.4 Å². The van der Waals surface area contributed by atoms with E-state index >= 15 is 0 Å². The Kier molecular flexibility index (Phi) is 8.61. The van der Waals surface area contributed by atoms with E-state index in [0.717, 1.165) is 29.9 Å². The molecule has 0 radical (unpaired) electrons. The van der Waals surface area contributed by atoms with Gasteiger partial charge in [0, 0.05) is 43.7 Å². The minimum Gasteiger partial charge on any atom is -0.497 e. The number of methoxy groups -OCH3 is 1. The molecule has 7 heteroatoms. The van der Waals surface area contributed by atoms with Crippen molar-refractivity contribution in [2.75, 3.05) is 27.2 Å². The topological polar surface area (TPSA) is 84.0 Å². The molecule has 1 aliphatic rings. The van der Waals surface area contributed by atoms with E-state index in [0.29, 0.717) is 25.6 Å². The normalized spacial score (nSPS) is 15.1. The van der Waals surface area contributed by atoms with E-state index in [4.69, 9.17) is 9.47 Å². The smallest absolute Gasteiger partial charge is 0.225 e. The number of aliphatic imine (C=N–C) groups is 1. The zero-order valence-electron chi connectivity index (χ0n) is 18.4. The summed E-state index contributed by atoms with van der Waals surface area (Å²) >= 11 is 0. The first-order chi connectivity index (χ1) is 13.8. The molecule has 1 fully saturated rings. The Morgan fingerprint density at radius 1 is 1.14 bits per heavy atom. The van der Waals surface area contributed by atoms with Crippen LogP contribution < -0.4 is 25.4 Å². The largest absolute Gasteiger partial charge is 0.497 e. The first kappa shape index (κ1) is 22.8. The van der Waals surface area contributed by atoms with Crippen molar-refractivity contribution in [1.29, 1.82) is 0 Å². The van der Waals surface area contributed by atoms with Gasteiger partial charge in [0.05, 0.1) is 13.2 Å². The maximum absolute atomic E-state index is 11.9. The van der Waals surface area contributed by atoms with Gasteiger partial charge in [-0.25, -0.2) is 0 Å². The van der Waals surface area contributed by atoms with E-state index in [1.54, 1.807) is 14.2 Å². The quantitative estimate of drug-likeness (QED) is 0.352. The number of benzene rings is 1. The Bertz CT molecular complexity index is 692. The molecule has 0 saturated heterocycles. The molecule has 1 aromatic carbocycles. The average molecular weight is 405 g/mol. The summed E-state index contributed by atoms with van der Waals surface area (Å²) in [7, 11) is 3.39. The molecule has 2 rings (SSSR count). The number of amides is 1. The van der Waals surface area contributed by atoms with Crippen LogP contribution in [-0.2, 0) is 11.3 Å². The van der Waals surface area contributed by atoms with Crippen molar-refractivity contribution >= 4 is 11.9 Å². The summed E-state index contributed by atoms with van der Waals surface area (Å²) in [5, 5.41) is 9.45. The number of guanidine groups is 1. The molecule has 1 amide bonds. The van der Waals surface area contributed by atoms with Crippen molar-refractivity contribution < 1.29 is 14.3 Å². The highest BCUT2D eigenvalue weighted by Crippen LogP contribution is 2.29. The van der Waals surface area contributed by atoms with Gasteiger partial charge in [-0.1, -0.05) is 20.8 Å². The molecule has 0 atom stereocenters. The van der Waals surface area contributed by atoms with Gasteiger partial charge < -0.3 is 25.4 Å². The lowest BCUT2D eigenvalue weighted by Crippen LogP contribution is -2.43. The lowest BCUT2D eigenvalue weighted by Gasteiger charge is -2.19. The lowest BCUT2D eigenvalue weighted by molar-refractivity contribution is -0.128. The summed E-state index contributed by atoms with van der Waals surface area (Å²) < 4.78 is 11.6. The van der Waals surface area contributed by atoms with Gasteiger partial charge in [-0.3, -0.25) is 9.79 Å². The fraction of sp³-hybridized carbons (Fsp3) is 0.636. The molecule has 0 unspecified atom stereocenters. The predicted octanol–water partition coefficient (Wildman–Crippen LogP) is 2.84. The molecule has 1 saturated carbocycles. The molecular weight excluding hydrogens is 368 g/mol. The molecule has 162 valence electrons. The Morgan fingerprint density at radius 2 is 1.83 bits per heavy atom. The maximum atomic E-state index is 11.9. The van der Waals surface area contributed by atoms with Crippen LogP contribution in [0.4, 0.5) is 0 Å². The van der Waals surface area contributed by atoms with E-state index in [1.807, 2.05) is 39.0 Å². The zero-order valence-corrected chi connectivity index (χ0v) is 18.4. The number of hydrogen-bond acceptors (Lipinski definition) is 4. The SMILES string of the molecule is CN=C(NCCNC(=O)C(C)(C)C)NCc1ccc(OC)cc1OC1CCCC1. The molecule has 3 N–H and O–H groups in total. The third-order valence-corrected chi connectivity index (χ3v) is 4.92. The average Bonchev–Trinajstić information content (AvgIpc) is 3.20. The van der Waals surface area contributed by atoms with Crippen LogP contribution >= 0.6 is 0 Å². The fourth-order valence-electron chi connectivity index (χ4n) is 3.13. The maximum Gasteiger partial charge on any atom is 0.225 e. The van der Waals surface area contributed by atoms with Gasteiger partial charge in [-0.15, -0.1) is 0 Å². The summed E-state index contributed by atoms with van der Waals surface area (Å²) in [6.45, 7) is 7.41. The molecule has 0 aromatic heterocycles. The minimum atomic E-state index is -0.385. The van der Waals surface area contributed by atoms with Gasteiger partial charge in [-0.2, -0.15) is 0 Å². The van der Waals surface area contributed by atoms with Crippen LogP contribution in [-0.4, -0.2) is 45.2 Å². The monoisotopic (exact) mass is 404 g/mol. The number of carbonyl (C=O) groups excluding carboxylic acids is 1. The first-order valence-corrected chi connectivity index (χ1v) is 10.4. The first-order valence-electron chi connectivity index (χ1n) is 10.4. The second-order valence-electron chi connectivity index (χ2n) is 8.36. The molecule has 1 aliphatic carbocycles.